The lowest BCUT2D eigenvalue weighted by atomic mass is 9.86. The molecule has 4 atom stereocenters. The van der Waals surface area contributed by atoms with Crippen LogP contribution < -0.4 is 10.9 Å². The summed E-state index contributed by atoms with van der Waals surface area (Å²) < 4.78 is 1.78. The molecule has 5 rings (SSSR count). The molecule has 7 heteroatoms. The van der Waals surface area contributed by atoms with Gasteiger partial charge in [0.05, 0.1) is 18.0 Å². The van der Waals surface area contributed by atoms with Gasteiger partial charge in [-0.1, -0.05) is 13.0 Å². The lowest BCUT2D eigenvalue weighted by Gasteiger charge is -2.38. The number of hydrogen-bond acceptors (Lipinski definition) is 4. The Morgan fingerprint density at radius 2 is 2.06 bits per heavy atom. The largest absolute Gasteiger partial charge is 0.396 e. The number of pyridine rings is 1. The van der Waals surface area contributed by atoms with Gasteiger partial charge >= 0.3 is 0 Å². The van der Waals surface area contributed by atoms with E-state index in [2.05, 4.69) is 11.4 Å². The van der Waals surface area contributed by atoms with E-state index in [4.69, 9.17) is 0 Å². The van der Waals surface area contributed by atoms with Crippen LogP contribution in [-0.2, 0) is 16.1 Å². The Labute approximate surface area is 188 Å². The molecule has 1 saturated carbocycles. The number of rotatable bonds is 7. The summed E-state index contributed by atoms with van der Waals surface area (Å²) in [6.45, 7) is 2.71. The first-order chi connectivity index (χ1) is 15.5. The Morgan fingerprint density at radius 1 is 1.25 bits per heavy atom. The van der Waals surface area contributed by atoms with Crippen molar-refractivity contribution in [3.8, 4) is 0 Å². The van der Waals surface area contributed by atoms with Crippen LogP contribution in [0.4, 0.5) is 0 Å². The van der Waals surface area contributed by atoms with Gasteiger partial charge in [0, 0.05) is 43.3 Å². The van der Waals surface area contributed by atoms with Crippen molar-refractivity contribution in [2.45, 2.75) is 70.5 Å². The molecule has 172 valence electrons. The summed E-state index contributed by atoms with van der Waals surface area (Å²) in [4.78, 5) is 41.9. The fraction of sp³-hybridized carbons (Fsp3) is 0.640. The summed E-state index contributed by atoms with van der Waals surface area (Å²) in [5.74, 6) is -0.584. The molecule has 2 bridgehead atoms. The van der Waals surface area contributed by atoms with Gasteiger partial charge in [-0.2, -0.15) is 0 Å². The number of fused-ring (bicyclic) bond motifs is 4. The van der Waals surface area contributed by atoms with Crippen molar-refractivity contribution < 1.29 is 14.7 Å². The quantitative estimate of drug-likeness (QED) is 0.682. The average Bonchev–Trinajstić information content (AvgIpc) is 3.35. The fourth-order valence-electron chi connectivity index (χ4n) is 5.95. The van der Waals surface area contributed by atoms with Gasteiger partial charge in [-0.05, 0) is 62.1 Å². The normalized spacial score (nSPS) is 28.4. The molecule has 32 heavy (non-hydrogen) atoms. The van der Waals surface area contributed by atoms with E-state index in [9.17, 15) is 19.5 Å². The van der Waals surface area contributed by atoms with E-state index in [1.807, 2.05) is 24.0 Å². The van der Waals surface area contributed by atoms with Gasteiger partial charge in [0.1, 0.15) is 0 Å². The second-order valence-corrected chi connectivity index (χ2v) is 9.83. The predicted octanol–water partition coefficient (Wildman–Crippen LogP) is 2.23. The molecule has 1 aromatic rings. The smallest absolute Gasteiger partial charge is 0.258 e. The fourth-order valence-corrected chi connectivity index (χ4v) is 5.95. The standard InChI is InChI=1S/C25H33N3O4/c1-2-11-26-24(31)22-18(14-29)20-13-27-19(23(22)28(20)21(30)12-15-7-8-15)10-9-17(25(27)32)16-5-3-4-6-16/h5,9-10,15,18,20,22-23,29H,2-4,6-8,11-14H2,1H3,(H,26,31)/t18-,20-,22+,23+/m0/s1. The molecule has 2 amide bonds. The monoisotopic (exact) mass is 439 g/mol. The van der Waals surface area contributed by atoms with E-state index in [0.29, 0.717) is 25.4 Å². The van der Waals surface area contributed by atoms with Gasteiger partial charge in [-0.15, -0.1) is 0 Å². The number of hydrogen-bond donors (Lipinski definition) is 2. The van der Waals surface area contributed by atoms with Crippen molar-refractivity contribution in [3.63, 3.8) is 0 Å². The zero-order valence-corrected chi connectivity index (χ0v) is 18.8. The molecule has 1 aromatic heterocycles. The Balaban J connectivity index is 1.58. The molecule has 7 nitrogen and oxygen atoms in total. The molecule has 0 radical (unpaired) electrons. The van der Waals surface area contributed by atoms with E-state index < -0.39 is 12.0 Å². The van der Waals surface area contributed by atoms with Gasteiger partial charge < -0.3 is 19.9 Å². The first-order valence-corrected chi connectivity index (χ1v) is 12.2. The van der Waals surface area contributed by atoms with Crippen molar-refractivity contribution in [2.24, 2.45) is 17.8 Å². The van der Waals surface area contributed by atoms with Gasteiger partial charge in [0.15, 0.2) is 0 Å². The third kappa shape index (κ3) is 3.51. The number of nitrogens with zero attached hydrogens (tertiary/aromatic N) is 2. The summed E-state index contributed by atoms with van der Waals surface area (Å²) in [5.41, 5.74) is 2.52. The van der Waals surface area contributed by atoms with E-state index in [1.54, 1.807) is 4.57 Å². The summed E-state index contributed by atoms with van der Waals surface area (Å²) in [6.07, 6.45) is 8.58. The summed E-state index contributed by atoms with van der Waals surface area (Å²) in [5, 5.41) is 13.3. The minimum Gasteiger partial charge on any atom is -0.396 e. The molecule has 3 heterocycles. The van der Waals surface area contributed by atoms with Crippen LogP contribution in [0.3, 0.4) is 0 Å². The molecule has 4 aliphatic rings. The SMILES string of the molecule is CCCNC(=O)[C@@H]1[C@@H](CO)[C@@H]2Cn3c(ccc(C4=CCCC4)c3=O)[C@H]1N2C(=O)CC1CC1. The topological polar surface area (TPSA) is 91.6 Å². The molecule has 1 saturated heterocycles. The van der Waals surface area contributed by atoms with Crippen LogP contribution >= 0.6 is 0 Å². The van der Waals surface area contributed by atoms with E-state index in [1.165, 1.54) is 0 Å². The molecule has 0 spiro atoms. The van der Waals surface area contributed by atoms with Crippen molar-refractivity contribution >= 4 is 17.4 Å². The number of aliphatic hydroxyl groups is 1. The maximum absolute atomic E-state index is 13.5. The lowest BCUT2D eigenvalue weighted by Crippen LogP contribution is -2.49. The molecule has 0 unspecified atom stereocenters. The number of carbonyl (C=O) groups excluding carboxylic acids is 2. The van der Waals surface area contributed by atoms with Gasteiger partial charge in [-0.25, -0.2) is 0 Å². The number of aromatic nitrogens is 1. The Bertz CT molecular complexity index is 1010. The highest BCUT2D eigenvalue weighted by Crippen LogP contribution is 2.49. The lowest BCUT2D eigenvalue weighted by molar-refractivity contribution is -0.137. The molecular weight excluding hydrogens is 406 g/mol. The second kappa shape index (κ2) is 8.50. The first-order valence-electron chi connectivity index (χ1n) is 12.2. The molecule has 2 aliphatic carbocycles. The van der Waals surface area contributed by atoms with Crippen LogP contribution in [0.2, 0.25) is 0 Å². The van der Waals surface area contributed by atoms with Gasteiger partial charge in [0.25, 0.3) is 5.56 Å². The summed E-state index contributed by atoms with van der Waals surface area (Å²) in [6, 6.07) is 2.97. The highest BCUT2D eigenvalue weighted by molar-refractivity contribution is 5.84. The van der Waals surface area contributed by atoms with Gasteiger partial charge in [-0.3, -0.25) is 14.4 Å². The summed E-state index contributed by atoms with van der Waals surface area (Å²) in [7, 11) is 0. The zero-order chi connectivity index (χ0) is 22.4. The predicted molar refractivity (Wildman–Crippen MR) is 121 cm³/mol. The van der Waals surface area contributed by atoms with Crippen molar-refractivity contribution in [1.29, 1.82) is 0 Å². The molecule has 2 aliphatic heterocycles. The van der Waals surface area contributed by atoms with Crippen molar-refractivity contribution in [1.82, 2.24) is 14.8 Å². The highest BCUT2D eigenvalue weighted by atomic mass is 16.3. The van der Waals surface area contributed by atoms with E-state index >= 15 is 0 Å². The van der Waals surface area contributed by atoms with E-state index in [0.717, 1.165) is 55.4 Å². The minimum atomic E-state index is -0.551. The Hall–Kier alpha value is -2.41. The van der Waals surface area contributed by atoms with Crippen LogP contribution in [-0.4, -0.2) is 45.6 Å². The third-order valence-corrected chi connectivity index (χ3v) is 7.73. The molecule has 2 fully saturated rings. The second-order valence-electron chi connectivity index (χ2n) is 9.83. The number of nitrogens with one attached hydrogen (secondary N) is 1. The maximum Gasteiger partial charge on any atom is 0.258 e. The maximum atomic E-state index is 13.5. The highest BCUT2D eigenvalue weighted by Gasteiger charge is 2.57. The zero-order valence-electron chi connectivity index (χ0n) is 18.8. The van der Waals surface area contributed by atoms with Crippen molar-refractivity contribution in [3.05, 3.63) is 39.8 Å². The first kappa shape index (κ1) is 21.4. The number of allylic oxidation sites excluding steroid dienone is 2. The minimum absolute atomic E-state index is 0.0359. The number of aliphatic hydroxyl groups excluding tert-OH is 1. The number of amides is 2. The Kier molecular flexibility index (Phi) is 5.70. The third-order valence-electron chi connectivity index (χ3n) is 7.73. The van der Waals surface area contributed by atoms with E-state index in [-0.39, 0.29) is 35.9 Å². The van der Waals surface area contributed by atoms with Crippen LogP contribution in [0.15, 0.2) is 23.0 Å². The molecular formula is C25H33N3O4. The van der Waals surface area contributed by atoms with Crippen molar-refractivity contribution in [2.75, 3.05) is 13.2 Å². The van der Waals surface area contributed by atoms with Crippen LogP contribution in [0.1, 0.15) is 69.2 Å². The van der Waals surface area contributed by atoms with Gasteiger partial charge in [0.2, 0.25) is 11.8 Å². The molecule has 2 N–H and O–H groups in total. The van der Waals surface area contributed by atoms with Crippen LogP contribution in [0.25, 0.3) is 5.57 Å². The summed E-state index contributed by atoms with van der Waals surface area (Å²) >= 11 is 0. The number of carbonyl (C=O) groups is 2. The molecule has 0 aromatic carbocycles. The average molecular weight is 440 g/mol. The van der Waals surface area contributed by atoms with Crippen LogP contribution in [0, 0.1) is 17.8 Å². The Morgan fingerprint density at radius 3 is 2.72 bits per heavy atom. The van der Waals surface area contributed by atoms with Crippen LogP contribution in [0.5, 0.6) is 0 Å².